The Bertz CT molecular complexity index is 542. The van der Waals surface area contributed by atoms with E-state index in [1.807, 2.05) is 13.0 Å². The standard InChI is InChI=1S/C11H11N3O2S/c1-5-2-3-6-7(4-5)14(11(13)16)10(15)8(6)9(12)17/h2-4,8H,1H3,(H2,12,17)(H2,13,16). The van der Waals surface area contributed by atoms with Gasteiger partial charge < -0.3 is 11.5 Å². The summed E-state index contributed by atoms with van der Waals surface area (Å²) in [5.41, 5.74) is 12.8. The van der Waals surface area contributed by atoms with Crippen LogP contribution >= 0.6 is 12.2 Å². The van der Waals surface area contributed by atoms with E-state index in [9.17, 15) is 9.59 Å². The molecule has 0 fully saturated rings. The molecule has 0 radical (unpaired) electrons. The van der Waals surface area contributed by atoms with Crippen LogP contribution in [0.4, 0.5) is 10.5 Å². The molecule has 0 aliphatic carbocycles. The Labute approximate surface area is 103 Å². The van der Waals surface area contributed by atoms with Gasteiger partial charge in [-0.05, 0) is 24.1 Å². The third kappa shape index (κ3) is 1.66. The molecule has 1 heterocycles. The van der Waals surface area contributed by atoms with Crippen molar-refractivity contribution < 1.29 is 9.59 Å². The number of hydrogen-bond donors (Lipinski definition) is 2. The van der Waals surface area contributed by atoms with Crippen molar-refractivity contribution in [3.8, 4) is 0 Å². The van der Waals surface area contributed by atoms with Crippen molar-refractivity contribution in [3.05, 3.63) is 29.3 Å². The van der Waals surface area contributed by atoms with E-state index in [2.05, 4.69) is 0 Å². The zero-order valence-electron chi connectivity index (χ0n) is 9.14. The molecule has 1 atom stereocenters. The van der Waals surface area contributed by atoms with Gasteiger partial charge in [0.15, 0.2) is 0 Å². The van der Waals surface area contributed by atoms with Gasteiger partial charge in [-0.15, -0.1) is 0 Å². The topological polar surface area (TPSA) is 89.4 Å². The zero-order valence-corrected chi connectivity index (χ0v) is 9.95. The van der Waals surface area contributed by atoms with Crippen molar-refractivity contribution in [3.63, 3.8) is 0 Å². The molecule has 0 saturated heterocycles. The third-order valence-electron chi connectivity index (χ3n) is 2.71. The average molecular weight is 249 g/mol. The van der Waals surface area contributed by atoms with Gasteiger partial charge in [-0.1, -0.05) is 24.4 Å². The molecule has 1 unspecified atom stereocenters. The number of hydrogen-bond acceptors (Lipinski definition) is 3. The van der Waals surface area contributed by atoms with E-state index < -0.39 is 17.9 Å². The fourth-order valence-electron chi connectivity index (χ4n) is 1.97. The summed E-state index contributed by atoms with van der Waals surface area (Å²) in [6, 6.07) is 4.48. The second-order valence-corrected chi connectivity index (χ2v) is 4.38. The summed E-state index contributed by atoms with van der Waals surface area (Å²) in [5.74, 6) is -1.24. The van der Waals surface area contributed by atoms with Gasteiger partial charge in [-0.3, -0.25) is 4.79 Å². The highest BCUT2D eigenvalue weighted by atomic mass is 32.1. The fourth-order valence-corrected chi connectivity index (χ4v) is 2.20. The lowest BCUT2D eigenvalue weighted by Crippen LogP contribution is -2.41. The first-order valence-electron chi connectivity index (χ1n) is 4.96. The number of urea groups is 1. The molecule has 88 valence electrons. The number of anilines is 1. The monoisotopic (exact) mass is 249 g/mol. The third-order valence-corrected chi connectivity index (χ3v) is 2.95. The van der Waals surface area contributed by atoms with Crippen LogP contribution in [0.3, 0.4) is 0 Å². The lowest BCUT2D eigenvalue weighted by molar-refractivity contribution is -0.117. The number of fused-ring (bicyclic) bond motifs is 1. The van der Waals surface area contributed by atoms with Crippen molar-refractivity contribution >= 4 is 34.8 Å². The average Bonchev–Trinajstić information content (AvgIpc) is 2.48. The Balaban J connectivity index is 2.65. The van der Waals surface area contributed by atoms with Gasteiger partial charge in [0.2, 0.25) is 5.91 Å². The van der Waals surface area contributed by atoms with Crippen LogP contribution in [0.1, 0.15) is 17.0 Å². The first-order valence-corrected chi connectivity index (χ1v) is 5.37. The molecular weight excluding hydrogens is 238 g/mol. The summed E-state index contributed by atoms with van der Waals surface area (Å²) in [6.45, 7) is 1.86. The van der Waals surface area contributed by atoms with Gasteiger partial charge in [-0.2, -0.15) is 0 Å². The Morgan fingerprint density at radius 1 is 1.41 bits per heavy atom. The predicted octanol–water partition coefficient (Wildman–Crippen LogP) is 0.790. The Morgan fingerprint density at radius 3 is 2.59 bits per heavy atom. The molecule has 1 aliphatic rings. The minimum absolute atomic E-state index is 0.0452. The minimum atomic E-state index is -0.819. The number of primary amides is 1. The molecule has 6 heteroatoms. The van der Waals surface area contributed by atoms with E-state index in [4.69, 9.17) is 23.7 Å². The second-order valence-electron chi connectivity index (χ2n) is 3.91. The molecule has 2 rings (SSSR count). The Hall–Kier alpha value is -1.95. The lowest BCUT2D eigenvalue weighted by atomic mass is 10.00. The molecule has 4 N–H and O–H groups in total. The summed E-state index contributed by atoms with van der Waals surface area (Å²) in [6.07, 6.45) is 0. The SMILES string of the molecule is Cc1ccc2c(c1)N(C(N)=O)C(=O)C2C(N)=S. The van der Waals surface area contributed by atoms with Crippen LogP contribution in [0.25, 0.3) is 0 Å². The van der Waals surface area contributed by atoms with Crippen molar-refractivity contribution in [2.24, 2.45) is 11.5 Å². The number of thiocarbonyl (C=S) groups is 1. The molecule has 5 nitrogen and oxygen atoms in total. The van der Waals surface area contributed by atoms with Gasteiger partial charge >= 0.3 is 6.03 Å². The summed E-state index contributed by atoms with van der Waals surface area (Å²) >= 11 is 4.86. The van der Waals surface area contributed by atoms with E-state index in [1.54, 1.807) is 12.1 Å². The number of carbonyl (C=O) groups excluding carboxylic acids is 2. The number of benzene rings is 1. The highest BCUT2D eigenvalue weighted by molar-refractivity contribution is 7.80. The summed E-state index contributed by atoms with van der Waals surface area (Å²) in [4.78, 5) is 24.3. The fraction of sp³-hybridized carbons (Fsp3) is 0.182. The number of imide groups is 1. The van der Waals surface area contributed by atoms with Gasteiger partial charge in [0, 0.05) is 0 Å². The molecule has 3 amide bonds. The van der Waals surface area contributed by atoms with Crippen molar-refractivity contribution in [1.82, 2.24) is 0 Å². The summed E-state index contributed by atoms with van der Waals surface area (Å²) in [5, 5.41) is 0. The molecular formula is C11H11N3O2S. The van der Waals surface area contributed by atoms with Crippen LogP contribution in [0.15, 0.2) is 18.2 Å². The first-order chi connectivity index (χ1) is 7.93. The van der Waals surface area contributed by atoms with Gasteiger partial charge in [0.25, 0.3) is 0 Å². The molecule has 0 spiro atoms. The van der Waals surface area contributed by atoms with Crippen molar-refractivity contribution in [2.75, 3.05) is 4.90 Å². The molecule has 0 bridgehead atoms. The lowest BCUT2D eigenvalue weighted by Gasteiger charge is -2.12. The van der Waals surface area contributed by atoms with E-state index >= 15 is 0 Å². The highest BCUT2D eigenvalue weighted by Gasteiger charge is 2.41. The van der Waals surface area contributed by atoms with Crippen LogP contribution in [0.2, 0.25) is 0 Å². The van der Waals surface area contributed by atoms with Crippen LogP contribution in [-0.4, -0.2) is 16.9 Å². The maximum atomic E-state index is 12.0. The highest BCUT2D eigenvalue weighted by Crippen LogP contribution is 2.37. The molecule has 1 aliphatic heterocycles. The quantitative estimate of drug-likeness (QED) is 0.720. The second kappa shape index (κ2) is 3.81. The maximum Gasteiger partial charge on any atom is 0.326 e. The molecule has 1 aromatic rings. The number of nitrogens with two attached hydrogens (primary N) is 2. The zero-order chi connectivity index (χ0) is 12.7. The van der Waals surface area contributed by atoms with Gasteiger partial charge in [0.05, 0.1) is 10.7 Å². The van der Waals surface area contributed by atoms with Crippen LogP contribution in [0, 0.1) is 6.92 Å². The number of amides is 3. The van der Waals surface area contributed by atoms with Crippen molar-refractivity contribution in [1.29, 1.82) is 0 Å². The maximum absolute atomic E-state index is 12.0. The predicted molar refractivity (Wildman–Crippen MR) is 67.8 cm³/mol. The largest absolute Gasteiger partial charge is 0.392 e. The summed E-state index contributed by atoms with van der Waals surface area (Å²) < 4.78 is 0. The van der Waals surface area contributed by atoms with Gasteiger partial charge in [-0.25, -0.2) is 9.69 Å². The van der Waals surface area contributed by atoms with Crippen molar-refractivity contribution in [2.45, 2.75) is 12.8 Å². The molecule has 0 aromatic heterocycles. The molecule has 1 aromatic carbocycles. The van der Waals surface area contributed by atoms with Crippen LogP contribution < -0.4 is 16.4 Å². The number of aryl methyl sites for hydroxylation is 1. The van der Waals surface area contributed by atoms with E-state index in [0.29, 0.717) is 11.3 Å². The number of nitrogens with zero attached hydrogens (tertiary/aromatic N) is 1. The normalized spacial score (nSPS) is 18.1. The number of rotatable bonds is 1. The van der Waals surface area contributed by atoms with E-state index in [1.165, 1.54) is 0 Å². The molecule has 0 saturated carbocycles. The van der Waals surface area contributed by atoms with E-state index in [-0.39, 0.29) is 4.99 Å². The van der Waals surface area contributed by atoms with Gasteiger partial charge in [0.1, 0.15) is 5.92 Å². The van der Waals surface area contributed by atoms with E-state index in [0.717, 1.165) is 10.5 Å². The number of carbonyl (C=O) groups is 2. The minimum Gasteiger partial charge on any atom is -0.392 e. The Kier molecular flexibility index (Phi) is 2.59. The summed E-state index contributed by atoms with van der Waals surface area (Å²) in [7, 11) is 0. The van der Waals surface area contributed by atoms with Crippen LogP contribution in [0.5, 0.6) is 0 Å². The molecule has 17 heavy (non-hydrogen) atoms. The first kappa shape index (κ1) is 11.5. The smallest absolute Gasteiger partial charge is 0.326 e. The van der Waals surface area contributed by atoms with Crippen LogP contribution in [-0.2, 0) is 4.79 Å². The Morgan fingerprint density at radius 2 is 2.06 bits per heavy atom.